The SMILES string of the molecule is CC(C)(C)OC(=O)N1C2CCC1CN(C(C1=NNNN1)c1ccccc1)C2. The van der Waals surface area contributed by atoms with Crippen molar-refractivity contribution in [3.63, 3.8) is 0 Å². The number of nitrogens with zero attached hydrogens (tertiary/aromatic N) is 3. The number of ether oxygens (including phenoxy) is 1. The Labute approximate surface area is 159 Å². The highest BCUT2D eigenvalue weighted by Gasteiger charge is 2.46. The Kier molecular flexibility index (Phi) is 4.69. The Bertz CT molecular complexity index is 703. The molecular weight excluding hydrogens is 344 g/mol. The van der Waals surface area contributed by atoms with Crippen molar-refractivity contribution >= 4 is 11.9 Å². The van der Waals surface area contributed by atoms with Crippen LogP contribution in [0.4, 0.5) is 4.79 Å². The molecule has 0 saturated carbocycles. The number of hydrazine groups is 2. The molecule has 0 radical (unpaired) electrons. The van der Waals surface area contributed by atoms with Gasteiger partial charge in [0.15, 0.2) is 5.84 Å². The molecule has 2 bridgehead atoms. The van der Waals surface area contributed by atoms with E-state index in [1.807, 2.05) is 43.9 Å². The number of fused-ring (bicyclic) bond motifs is 2. The van der Waals surface area contributed by atoms with Gasteiger partial charge in [-0.1, -0.05) is 30.3 Å². The van der Waals surface area contributed by atoms with Crippen molar-refractivity contribution < 1.29 is 9.53 Å². The van der Waals surface area contributed by atoms with E-state index in [4.69, 9.17) is 4.74 Å². The molecule has 27 heavy (non-hydrogen) atoms. The summed E-state index contributed by atoms with van der Waals surface area (Å²) in [4.78, 5) is 17.1. The zero-order valence-corrected chi connectivity index (χ0v) is 16.1. The molecule has 2 saturated heterocycles. The first-order valence-corrected chi connectivity index (χ1v) is 9.56. The molecule has 3 heterocycles. The van der Waals surface area contributed by atoms with Gasteiger partial charge in [0.2, 0.25) is 0 Å². The molecule has 4 rings (SSSR count). The lowest BCUT2D eigenvalue weighted by Gasteiger charge is -2.44. The van der Waals surface area contributed by atoms with E-state index >= 15 is 0 Å². The van der Waals surface area contributed by atoms with E-state index in [1.165, 1.54) is 5.56 Å². The van der Waals surface area contributed by atoms with Crippen LogP contribution in [0.25, 0.3) is 0 Å². The van der Waals surface area contributed by atoms with Crippen LogP contribution in [0.1, 0.15) is 45.2 Å². The number of amides is 1. The monoisotopic (exact) mass is 372 g/mol. The number of amidine groups is 1. The molecule has 1 aromatic rings. The van der Waals surface area contributed by atoms with Gasteiger partial charge >= 0.3 is 6.09 Å². The molecule has 3 atom stereocenters. The number of benzene rings is 1. The van der Waals surface area contributed by atoms with E-state index < -0.39 is 5.60 Å². The predicted octanol–water partition coefficient (Wildman–Crippen LogP) is 1.74. The Hall–Kier alpha value is -2.32. The van der Waals surface area contributed by atoms with Crippen molar-refractivity contribution in [1.29, 1.82) is 0 Å². The molecule has 3 aliphatic rings. The predicted molar refractivity (Wildman–Crippen MR) is 102 cm³/mol. The third kappa shape index (κ3) is 3.72. The van der Waals surface area contributed by atoms with Gasteiger partial charge in [0, 0.05) is 25.2 Å². The third-order valence-corrected chi connectivity index (χ3v) is 5.28. The van der Waals surface area contributed by atoms with Crippen molar-refractivity contribution in [3.05, 3.63) is 35.9 Å². The molecule has 0 spiro atoms. The molecule has 0 aromatic heterocycles. The standard InChI is InChI=1S/C19H28N6O2/c1-19(2,3)27-18(26)25-14-9-10-15(25)12-24(11-14)16(17-20-22-23-21-17)13-7-5-4-6-8-13/h4-8,14-16,22-23H,9-12H2,1-3H3,(H,20,21). The molecule has 2 fully saturated rings. The van der Waals surface area contributed by atoms with Crippen molar-refractivity contribution in [2.45, 2.75) is 57.3 Å². The number of hydrogen-bond acceptors (Lipinski definition) is 7. The van der Waals surface area contributed by atoms with Crippen LogP contribution in [-0.4, -0.2) is 52.5 Å². The van der Waals surface area contributed by atoms with Crippen LogP contribution in [0.5, 0.6) is 0 Å². The van der Waals surface area contributed by atoms with Crippen LogP contribution in [0.3, 0.4) is 0 Å². The molecule has 8 heteroatoms. The van der Waals surface area contributed by atoms with Crippen LogP contribution in [0, 0.1) is 0 Å². The summed E-state index contributed by atoms with van der Waals surface area (Å²) in [5, 5.41) is 4.36. The average Bonchev–Trinajstić information content (AvgIpc) is 3.21. The quantitative estimate of drug-likeness (QED) is 0.750. The second kappa shape index (κ2) is 7.01. The molecule has 1 amide bonds. The first-order valence-electron chi connectivity index (χ1n) is 9.56. The average molecular weight is 372 g/mol. The van der Waals surface area contributed by atoms with Crippen molar-refractivity contribution in [1.82, 2.24) is 26.3 Å². The van der Waals surface area contributed by atoms with E-state index in [0.717, 1.165) is 31.8 Å². The summed E-state index contributed by atoms with van der Waals surface area (Å²) in [7, 11) is 0. The number of carbonyl (C=O) groups is 1. The van der Waals surface area contributed by atoms with Gasteiger partial charge in [-0.05, 0) is 39.2 Å². The van der Waals surface area contributed by atoms with Crippen molar-refractivity contribution in [2.75, 3.05) is 13.1 Å². The zero-order chi connectivity index (χ0) is 19.0. The summed E-state index contributed by atoms with van der Waals surface area (Å²) in [5.74, 6) is 0.839. The Balaban J connectivity index is 1.55. The summed E-state index contributed by atoms with van der Waals surface area (Å²) in [6, 6.07) is 10.7. The minimum Gasteiger partial charge on any atom is -0.444 e. The minimum absolute atomic E-state index is 0.0117. The minimum atomic E-state index is -0.472. The lowest BCUT2D eigenvalue weighted by atomic mass is 10.0. The number of piperazine rings is 1. The maximum absolute atomic E-state index is 12.7. The number of hydrazone groups is 1. The normalized spacial score (nSPS) is 26.2. The van der Waals surface area contributed by atoms with Crippen LogP contribution in [-0.2, 0) is 4.74 Å². The lowest BCUT2D eigenvalue weighted by molar-refractivity contribution is -0.00719. The Morgan fingerprint density at radius 2 is 1.85 bits per heavy atom. The molecular formula is C19H28N6O2. The molecule has 0 aliphatic carbocycles. The van der Waals surface area contributed by atoms with Gasteiger partial charge in [0.1, 0.15) is 5.60 Å². The molecule has 3 aliphatic heterocycles. The maximum Gasteiger partial charge on any atom is 0.410 e. The second-order valence-electron chi connectivity index (χ2n) is 8.40. The van der Waals surface area contributed by atoms with Gasteiger partial charge in [0.05, 0.1) is 6.04 Å². The van der Waals surface area contributed by atoms with Gasteiger partial charge in [-0.15, -0.1) is 10.6 Å². The van der Waals surface area contributed by atoms with E-state index in [1.54, 1.807) is 0 Å². The zero-order valence-electron chi connectivity index (χ0n) is 16.1. The summed E-state index contributed by atoms with van der Waals surface area (Å²) in [6.07, 6.45) is 1.84. The van der Waals surface area contributed by atoms with Crippen LogP contribution >= 0.6 is 0 Å². The number of nitrogens with one attached hydrogen (secondary N) is 3. The van der Waals surface area contributed by atoms with Crippen LogP contribution in [0.15, 0.2) is 35.4 Å². The molecule has 8 nitrogen and oxygen atoms in total. The maximum atomic E-state index is 12.7. The molecule has 3 unspecified atom stereocenters. The first-order chi connectivity index (χ1) is 12.9. The first kappa shape index (κ1) is 18.1. The Morgan fingerprint density at radius 1 is 1.19 bits per heavy atom. The van der Waals surface area contributed by atoms with Crippen molar-refractivity contribution in [3.8, 4) is 0 Å². The van der Waals surface area contributed by atoms with Gasteiger partial charge < -0.3 is 4.74 Å². The highest BCUT2D eigenvalue weighted by molar-refractivity contribution is 5.88. The molecule has 146 valence electrons. The van der Waals surface area contributed by atoms with Crippen LogP contribution in [0.2, 0.25) is 0 Å². The van der Waals surface area contributed by atoms with Crippen molar-refractivity contribution in [2.24, 2.45) is 5.10 Å². The van der Waals surface area contributed by atoms with Crippen LogP contribution < -0.4 is 16.5 Å². The van der Waals surface area contributed by atoms with Gasteiger partial charge in [0.25, 0.3) is 0 Å². The topological polar surface area (TPSA) is 81.2 Å². The van der Waals surface area contributed by atoms with E-state index in [-0.39, 0.29) is 24.2 Å². The van der Waals surface area contributed by atoms with E-state index in [9.17, 15) is 4.79 Å². The summed E-state index contributed by atoms with van der Waals surface area (Å²) in [6.45, 7) is 7.35. The van der Waals surface area contributed by atoms with Gasteiger partial charge in [-0.2, -0.15) is 0 Å². The van der Waals surface area contributed by atoms with E-state index in [2.05, 4.69) is 38.6 Å². The third-order valence-electron chi connectivity index (χ3n) is 5.28. The number of carbonyl (C=O) groups excluding carboxylic acids is 1. The highest BCUT2D eigenvalue weighted by atomic mass is 16.6. The summed E-state index contributed by atoms with van der Waals surface area (Å²) < 4.78 is 5.65. The fourth-order valence-corrected chi connectivity index (χ4v) is 4.27. The number of likely N-dealkylation sites (tertiary alicyclic amines) is 1. The summed E-state index contributed by atoms with van der Waals surface area (Å²) in [5.41, 5.74) is 9.42. The second-order valence-corrected chi connectivity index (χ2v) is 8.40. The molecule has 3 N–H and O–H groups in total. The van der Waals surface area contributed by atoms with E-state index in [0.29, 0.717) is 0 Å². The largest absolute Gasteiger partial charge is 0.444 e. The summed E-state index contributed by atoms with van der Waals surface area (Å²) >= 11 is 0. The molecule has 1 aromatic carbocycles. The fourth-order valence-electron chi connectivity index (χ4n) is 4.27. The number of hydrogen-bond donors (Lipinski definition) is 3. The number of rotatable bonds is 3. The smallest absolute Gasteiger partial charge is 0.410 e. The fraction of sp³-hybridized carbons (Fsp3) is 0.579. The Morgan fingerprint density at radius 3 is 2.41 bits per heavy atom. The highest BCUT2D eigenvalue weighted by Crippen LogP contribution is 2.35. The van der Waals surface area contributed by atoms with Gasteiger partial charge in [-0.25, -0.2) is 10.3 Å². The lowest BCUT2D eigenvalue weighted by Crippen LogP contribution is -2.58. The van der Waals surface area contributed by atoms with Gasteiger partial charge in [-0.3, -0.25) is 15.2 Å².